The van der Waals surface area contributed by atoms with Gasteiger partial charge in [0, 0.05) is 80.0 Å². The van der Waals surface area contributed by atoms with E-state index in [0.29, 0.717) is 17.2 Å². The van der Waals surface area contributed by atoms with Crippen LogP contribution in [0.4, 0.5) is 22.0 Å². The number of amides is 2. The van der Waals surface area contributed by atoms with Gasteiger partial charge in [-0.25, -0.2) is 14.8 Å². The van der Waals surface area contributed by atoms with Crippen LogP contribution in [0.2, 0.25) is 0 Å². The number of thiophene rings is 1. The number of urea groups is 1. The zero-order chi connectivity index (χ0) is 27.8. The Bertz CT molecular complexity index is 1510. The molecule has 11 heteroatoms. The number of rotatable bonds is 6. The van der Waals surface area contributed by atoms with Gasteiger partial charge in [-0.2, -0.15) is 0 Å². The van der Waals surface area contributed by atoms with Crippen LogP contribution >= 0.6 is 11.3 Å². The lowest BCUT2D eigenvalue weighted by Gasteiger charge is -2.33. The fraction of sp³-hybridized carbons (Fsp3) is 0.400. The number of hydrogen-bond donors (Lipinski definition) is 2. The topological polar surface area (TPSA) is 98.8 Å². The van der Waals surface area contributed by atoms with Gasteiger partial charge in [-0.3, -0.25) is 9.88 Å². The number of likely N-dealkylation sites (N-methyl/N-ethyl adjacent to an activating group) is 1. The van der Waals surface area contributed by atoms with Crippen LogP contribution in [0.5, 0.6) is 0 Å². The maximum atomic E-state index is 12.4. The predicted molar refractivity (Wildman–Crippen MR) is 163 cm³/mol. The standard InChI is InChI=1S/C30H34N8O2S/c1-36-12-14-37(15-13-36)19-25-16-26-27(41-25)29(38-17-23-6-7-24(18-38)40-23)35-28(34-26)20-2-4-21(5-3-20)32-30(39)33-22-8-10-31-11-9-22/h2-5,8-11,16,23-24H,6-7,12-15,17-19H2,1H3,(H2,31,32,33,39). The summed E-state index contributed by atoms with van der Waals surface area (Å²) in [5.74, 6) is 1.71. The van der Waals surface area contributed by atoms with Crippen LogP contribution in [0.3, 0.4) is 0 Å². The summed E-state index contributed by atoms with van der Waals surface area (Å²) in [6, 6.07) is 13.1. The highest BCUT2D eigenvalue weighted by Crippen LogP contribution is 2.38. The second-order valence-electron chi connectivity index (χ2n) is 11.1. The maximum Gasteiger partial charge on any atom is 0.323 e. The lowest BCUT2D eigenvalue weighted by atomic mass is 10.2. The lowest BCUT2D eigenvalue weighted by molar-refractivity contribution is 0.0303. The summed E-state index contributed by atoms with van der Waals surface area (Å²) < 4.78 is 7.30. The van der Waals surface area contributed by atoms with Gasteiger partial charge < -0.3 is 25.2 Å². The van der Waals surface area contributed by atoms with Gasteiger partial charge in [0.25, 0.3) is 0 Å². The first kappa shape index (κ1) is 26.3. The van der Waals surface area contributed by atoms with Crippen molar-refractivity contribution >= 4 is 44.8 Å². The van der Waals surface area contributed by atoms with Gasteiger partial charge in [0.05, 0.1) is 22.4 Å². The van der Waals surface area contributed by atoms with Gasteiger partial charge in [-0.1, -0.05) is 0 Å². The van der Waals surface area contributed by atoms with Crippen molar-refractivity contribution in [2.75, 3.05) is 61.8 Å². The van der Waals surface area contributed by atoms with Crippen molar-refractivity contribution in [1.29, 1.82) is 0 Å². The number of nitrogens with zero attached hydrogens (tertiary/aromatic N) is 6. The summed E-state index contributed by atoms with van der Waals surface area (Å²) in [5, 5.41) is 5.70. The molecule has 6 heterocycles. The molecule has 41 heavy (non-hydrogen) atoms. The van der Waals surface area contributed by atoms with Crippen molar-refractivity contribution < 1.29 is 9.53 Å². The number of aromatic nitrogens is 3. The molecule has 3 saturated heterocycles. The largest absolute Gasteiger partial charge is 0.371 e. The minimum absolute atomic E-state index is 0.274. The summed E-state index contributed by atoms with van der Waals surface area (Å²) in [4.78, 5) is 35.3. The molecule has 0 spiro atoms. The number of carbonyl (C=O) groups excluding carboxylic acids is 1. The highest BCUT2D eigenvalue weighted by Gasteiger charge is 2.35. The van der Waals surface area contributed by atoms with E-state index >= 15 is 0 Å². The molecule has 0 saturated carbocycles. The Hall–Kier alpha value is -3.64. The van der Waals surface area contributed by atoms with E-state index in [1.165, 1.54) is 4.88 Å². The van der Waals surface area contributed by atoms with Gasteiger partial charge >= 0.3 is 6.03 Å². The third kappa shape index (κ3) is 5.89. The SMILES string of the molecule is CN1CCN(Cc2cc3nc(-c4ccc(NC(=O)Nc5ccncc5)cc4)nc(N4CC5CCC(C4)O5)c3s2)CC1. The van der Waals surface area contributed by atoms with Gasteiger partial charge in [-0.15, -0.1) is 11.3 Å². The highest BCUT2D eigenvalue weighted by atomic mass is 32.1. The van der Waals surface area contributed by atoms with E-state index in [-0.39, 0.29) is 18.2 Å². The molecular formula is C30H34N8O2S. The molecule has 3 fully saturated rings. The van der Waals surface area contributed by atoms with E-state index < -0.39 is 0 Å². The quantitative estimate of drug-likeness (QED) is 0.350. The molecule has 2 atom stereocenters. The zero-order valence-corrected chi connectivity index (χ0v) is 23.9. The number of carbonyl (C=O) groups is 1. The predicted octanol–water partition coefficient (Wildman–Crippen LogP) is 4.51. The van der Waals surface area contributed by atoms with E-state index in [2.05, 4.69) is 43.4 Å². The summed E-state index contributed by atoms with van der Waals surface area (Å²) in [6.07, 6.45) is 6.06. The van der Waals surface area contributed by atoms with Crippen LogP contribution < -0.4 is 15.5 Å². The van der Waals surface area contributed by atoms with Gasteiger partial charge in [0.1, 0.15) is 0 Å². The summed E-state index contributed by atoms with van der Waals surface area (Å²) >= 11 is 1.83. The number of ether oxygens (including phenoxy) is 1. The van der Waals surface area contributed by atoms with Crippen molar-refractivity contribution in [1.82, 2.24) is 24.8 Å². The van der Waals surface area contributed by atoms with Crippen LogP contribution in [-0.2, 0) is 11.3 Å². The number of pyridine rings is 1. The number of anilines is 3. The Labute approximate surface area is 243 Å². The number of piperazine rings is 1. The van der Waals surface area contributed by atoms with Crippen molar-refractivity contribution in [3.05, 3.63) is 59.7 Å². The summed E-state index contributed by atoms with van der Waals surface area (Å²) in [5.41, 5.74) is 3.28. The lowest BCUT2D eigenvalue weighted by Crippen LogP contribution is -2.43. The number of benzene rings is 1. The Kier molecular flexibility index (Phi) is 7.26. The second kappa shape index (κ2) is 11.3. The molecule has 3 aromatic heterocycles. The molecule has 10 nitrogen and oxygen atoms in total. The number of hydrogen-bond acceptors (Lipinski definition) is 9. The number of fused-ring (bicyclic) bond motifs is 3. The van der Waals surface area contributed by atoms with Crippen LogP contribution in [0, 0.1) is 0 Å². The minimum atomic E-state index is -0.308. The molecular weight excluding hydrogens is 536 g/mol. The van der Waals surface area contributed by atoms with E-state index in [0.717, 1.165) is 80.3 Å². The van der Waals surface area contributed by atoms with Crippen molar-refractivity contribution in [2.24, 2.45) is 0 Å². The second-order valence-corrected chi connectivity index (χ2v) is 12.3. The third-order valence-corrected chi connectivity index (χ3v) is 9.17. The molecule has 4 aromatic rings. The fourth-order valence-corrected chi connectivity index (χ4v) is 6.99. The first-order valence-corrected chi connectivity index (χ1v) is 15.1. The molecule has 2 unspecified atom stereocenters. The molecule has 0 aliphatic carbocycles. The first-order chi connectivity index (χ1) is 20.1. The fourth-order valence-electron chi connectivity index (χ4n) is 5.83. The van der Waals surface area contributed by atoms with E-state index in [4.69, 9.17) is 14.7 Å². The van der Waals surface area contributed by atoms with Crippen molar-refractivity contribution in [2.45, 2.75) is 31.6 Å². The van der Waals surface area contributed by atoms with Crippen molar-refractivity contribution in [3.8, 4) is 11.4 Å². The van der Waals surface area contributed by atoms with Gasteiger partial charge in [0.2, 0.25) is 0 Å². The highest BCUT2D eigenvalue weighted by molar-refractivity contribution is 7.19. The molecule has 0 radical (unpaired) electrons. The summed E-state index contributed by atoms with van der Waals surface area (Å²) in [6.45, 7) is 7.05. The molecule has 7 rings (SSSR count). The maximum absolute atomic E-state index is 12.4. The Morgan fingerprint density at radius 2 is 1.63 bits per heavy atom. The molecule has 2 amide bonds. The van der Waals surface area contributed by atoms with Crippen LogP contribution in [0.15, 0.2) is 54.9 Å². The Morgan fingerprint density at radius 3 is 2.34 bits per heavy atom. The average Bonchev–Trinajstić information content (AvgIpc) is 3.55. The smallest absolute Gasteiger partial charge is 0.323 e. The van der Waals surface area contributed by atoms with E-state index in [9.17, 15) is 4.79 Å². The van der Waals surface area contributed by atoms with Crippen molar-refractivity contribution in [3.63, 3.8) is 0 Å². The average molecular weight is 571 g/mol. The molecule has 2 bridgehead atoms. The zero-order valence-electron chi connectivity index (χ0n) is 23.1. The Balaban J connectivity index is 1.15. The van der Waals surface area contributed by atoms with E-state index in [1.807, 2.05) is 35.6 Å². The number of nitrogens with one attached hydrogen (secondary N) is 2. The van der Waals surface area contributed by atoms with Crippen LogP contribution in [0.1, 0.15) is 17.7 Å². The molecule has 3 aliphatic rings. The van der Waals surface area contributed by atoms with Gasteiger partial charge in [-0.05, 0) is 62.4 Å². The van der Waals surface area contributed by atoms with Crippen LogP contribution in [0.25, 0.3) is 21.6 Å². The first-order valence-electron chi connectivity index (χ1n) is 14.3. The summed E-state index contributed by atoms with van der Waals surface area (Å²) in [7, 11) is 2.19. The normalized spacial score (nSPS) is 21.3. The third-order valence-electron chi connectivity index (χ3n) is 8.06. The molecule has 1 aromatic carbocycles. The van der Waals surface area contributed by atoms with E-state index in [1.54, 1.807) is 24.5 Å². The molecule has 2 N–H and O–H groups in total. The minimum Gasteiger partial charge on any atom is -0.371 e. The molecule has 212 valence electrons. The monoisotopic (exact) mass is 570 g/mol. The van der Waals surface area contributed by atoms with Crippen LogP contribution in [-0.4, -0.2) is 89.3 Å². The molecule has 3 aliphatic heterocycles. The Morgan fingerprint density at radius 1 is 0.951 bits per heavy atom. The number of morpholine rings is 1. The van der Waals surface area contributed by atoms with Gasteiger partial charge in [0.15, 0.2) is 11.6 Å².